The number of hydrogen-bond acceptors (Lipinski definition) is 6. The van der Waals surface area contributed by atoms with Gasteiger partial charge in [-0.25, -0.2) is 14.6 Å². The molecule has 3 aromatic rings. The molecule has 36 heavy (non-hydrogen) atoms. The van der Waals surface area contributed by atoms with Crippen LogP contribution < -0.4 is 10.6 Å². The first kappa shape index (κ1) is 26.9. The molecule has 0 aliphatic rings. The van der Waals surface area contributed by atoms with Crippen LogP contribution in [0.2, 0.25) is 0 Å². The topological polar surface area (TPSA) is 118 Å². The molecule has 2 amide bonds. The summed E-state index contributed by atoms with van der Waals surface area (Å²) in [6.45, 7) is 8.92. The van der Waals surface area contributed by atoms with Crippen molar-refractivity contribution in [2.24, 2.45) is 0 Å². The van der Waals surface area contributed by atoms with E-state index in [9.17, 15) is 19.5 Å². The van der Waals surface area contributed by atoms with Gasteiger partial charge in [-0.1, -0.05) is 31.2 Å². The van der Waals surface area contributed by atoms with Gasteiger partial charge in [0.2, 0.25) is 5.91 Å². The minimum absolute atomic E-state index is 0.0248. The van der Waals surface area contributed by atoms with E-state index < -0.39 is 17.7 Å². The van der Waals surface area contributed by atoms with Crippen LogP contribution in [0.5, 0.6) is 0 Å². The van der Waals surface area contributed by atoms with E-state index in [-0.39, 0.29) is 17.4 Å². The predicted molar refractivity (Wildman–Crippen MR) is 141 cm³/mol. The van der Waals surface area contributed by atoms with Gasteiger partial charge in [0, 0.05) is 23.4 Å². The summed E-state index contributed by atoms with van der Waals surface area (Å²) in [4.78, 5) is 40.4. The van der Waals surface area contributed by atoms with E-state index in [0.717, 1.165) is 21.7 Å². The maximum atomic E-state index is 12.0. The van der Waals surface area contributed by atoms with E-state index in [0.29, 0.717) is 23.7 Å². The normalized spacial score (nSPS) is 12.0. The molecule has 1 unspecified atom stereocenters. The van der Waals surface area contributed by atoms with E-state index in [1.54, 1.807) is 12.1 Å². The van der Waals surface area contributed by atoms with Crippen LogP contribution in [0, 0.1) is 0 Å². The summed E-state index contributed by atoms with van der Waals surface area (Å²) in [5.74, 6) is -1.18. The molecule has 9 heteroatoms. The first-order valence-corrected chi connectivity index (χ1v) is 12.4. The highest BCUT2D eigenvalue weighted by molar-refractivity contribution is 7.16. The summed E-state index contributed by atoms with van der Waals surface area (Å²) < 4.78 is 5.28. The zero-order chi connectivity index (χ0) is 26.5. The number of aryl methyl sites for hydroxylation is 2. The highest BCUT2D eigenvalue weighted by atomic mass is 32.1. The van der Waals surface area contributed by atoms with Gasteiger partial charge >= 0.3 is 12.1 Å². The smallest absolute Gasteiger partial charge is 0.412 e. The number of carbonyl (C=O) groups is 3. The molecular weight excluding hydrogens is 478 g/mol. The molecule has 0 radical (unpaired) electrons. The zero-order valence-electron chi connectivity index (χ0n) is 21.0. The Morgan fingerprint density at radius 3 is 2.19 bits per heavy atom. The van der Waals surface area contributed by atoms with E-state index in [1.165, 1.54) is 18.3 Å². The molecule has 0 fully saturated rings. The lowest BCUT2D eigenvalue weighted by molar-refractivity contribution is -0.114. The number of benzene rings is 2. The Morgan fingerprint density at radius 1 is 1.00 bits per heavy atom. The van der Waals surface area contributed by atoms with Crippen LogP contribution in [0.4, 0.5) is 15.6 Å². The largest absolute Gasteiger partial charge is 0.478 e. The van der Waals surface area contributed by atoms with E-state index in [4.69, 9.17) is 4.74 Å². The Bertz CT molecular complexity index is 1230. The number of rotatable bonds is 8. The van der Waals surface area contributed by atoms with Crippen LogP contribution in [0.15, 0.2) is 48.5 Å². The lowest BCUT2D eigenvalue weighted by Gasteiger charge is -2.19. The Kier molecular flexibility index (Phi) is 8.47. The van der Waals surface area contributed by atoms with Gasteiger partial charge in [-0.05, 0) is 69.0 Å². The van der Waals surface area contributed by atoms with Gasteiger partial charge in [0.1, 0.15) is 5.60 Å². The van der Waals surface area contributed by atoms with E-state index >= 15 is 0 Å². The Hall–Kier alpha value is -3.72. The fourth-order valence-electron chi connectivity index (χ4n) is 3.59. The molecule has 0 saturated carbocycles. The summed E-state index contributed by atoms with van der Waals surface area (Å²) >= 11 is 1.43. The molecule has 190 valence electrons. The lowest BCUT2D eigenvalue weighted by Crippen LogP contribution is -2.27. The van der Waals surface area contributed by atoms with Gasteiger partial charge < -0.3 is 15.2 Å². The number of hydrogen-bond donors (Lipinski definition) is 3. The molecule has 1 aromatic heterocycles. The number of carbonyl (C=O) groups excluding carboxylic acids is 2. The van der Waals surface area contributed by atoms with Crippen molar-refractivity contribution in [1.29, 1.82) is 0 Å². The third kappa shape index (κ3) is 7.64. The standard InChI is InChI=1S/C27H31N3O5S/c1-16(19-9-11-20(12-10-19)24(32)33)23-22(30-25(36-23)28-17(2)31)15-8-18-6-13-21(14-7-18)29-26(34)35-27(3,4)5/h6-7,9-14,16H,8,15H2,1-5H3,(H,29,34)(H,32,33)(H,28,30,31). The minimum Gasteiger partial charge on any atom is -0.478 e. The van der Waals surface area contributed by atoms with Crippen LogP contribution in [-0.2, 0) is 22.4 Å². The van der Waals surface area contributed by atoms with Crippen molar-refractivity contribution in [2.75, 3.05) is 10.6 Å². The second kappa shape index (κ2) is 11.3. The fraction of sp³-hybridized carbons (Fsp3) is 0.333. The molecule has 0 aliphatic heterocycles. The molecule has 3 rings (SSSR count). The predicted octanol–water partition coefficient (Wildman–Crippen LogP) is 6.08. The number of thiazole rings is 1. The molecule has 0 aliphatic carbocycles. The number of carboxylic acids is 1. The van der Waals surface area contributed by atoms with Gasteiger partial charge in [-0.15, -0.1) is 11.3 Å². The van der Waals surface area contributed by atoms with Crippen LogP contribution >= 0.6 is 11.3 Å². The van der Waals surface area contributed by atoms with Crippen LogP contribution in [0.3, 0.4) is 0 Å². The fourth-order valence-corrected chi connectivity index (χ4v) is 4.73. The van der Waals surface area contributed by atoms with Crippen molar-refractivity contribution in [3.8, 4) is 0 Å². The zero-order valence-corrected chi connectivity index (χ0v) is 21.9. The first-order valence-electron chi connectivity index (χ1n) is 11.6. The summed E-state index contributed by atoms with van der Waals surface area (Å²) in [6, 6.07) is 14.4. The van der Waals surface area contributed by atoms with Crippen LogP contribution in [0.1, 0.15) is 72.6 Å². The molecule has 1 atom stereocenters. The molecule has 1 heterocycles. The third-order valence-corrected chi connectivity index (χ3v) is 6.51. The van der Waals surface area contributed by atoms with Crippen molar-refractivity contribution >= 4 is 40.1 Å². The Labute approximate surface area is 214 Å². The van der Waals surface area contributed by atoms with Crippen molar-refractivity contribution in [3.63, 3.8) is 0 Å². The van der Waals surface area contributed by atoms with Gasteiger partial charge in [-0.2, -0.15) is 0 Å². The summed E-state index contributed by atoms with van der Waals surface area (Å²) in [7, 11) is 0. The van der Waals surface area contributed by atoms with Crippen LogP contribution in [0.25, 0.3) is 0 Å². The molecule has 0 spiro atoms. The number of carboxylic acid groups (broad SMARTS) is 1. The van der Waals surface area contributed by atoms with Gasteiger partial charge in [0.15, 0.2) is 5.13 Å². The van der Waals surface area contributed by atoms with Crippen molar-refractivity contribution in [1.82, 2.24) is 4.98 Å². The quantitative estimate of drug-likeness (QED) is 0.339. The van der Waals surface area contributed by atoms with E-state index in [2.05, 4.69) is 15.6 Å². The van der Waals surface area contributed by atoms with Gasteiger partial charge in [0.25, 0.3) is 0 Å². The summed E-state index contributed by atoms with van der Waals surface area (Å²) in [5, 5.41) is 15.2. The van der Waals surface area contributed by atoms with Crippen molar-refractivity contribution in [3.05, 3.63) is 75.8 Å². The highest BCUT2D eigenvalue weighted by Crippen LogP contribution is 2.35. The molecule has 8 nitrogen and oxygen atoms in total. The number of amides is 2. The molecule has 0 saturated heterocycles. The number of aromatic carboxylic acids is 1. The second-order valence-electron chi connectivity index (χ2n) is 9.48. The molecule has 2 aromatic carbocycles. The van der Waals surface area contributed by atoms with Gasteiger partial charge in [0.05, 0.1) is 11.3 Å². The average molecular weight is 510 g/mol. The summed E-state index contributed by atoms with van der Waals surface area (Å²) in [5.41, 5.74) is 3.24. The monoisotopic (exact) mass is 509 g/mol. The Morgan fingerprint density at radius 2 is 1.64 bits per heavy atom. The van der Waals surface area contributed by atoms with Crippen LogP contribution in [-0.4, -0.2) is 33.7 Å². The summed E-state index contributed by atoms with van der Waals surface area (Å²) in [6.07, 6.45) is 0.869. The number of aromatic nitrogens is 1. The lowest BCUT2D eigenvalue weighted by atomic mass is 9.95. The second-order valence-corrected chi connectivity index (χ2v) is 10.5. The SMILES string of the molecule is CC(=O)Nc1nc(CCc2ccc(NC(=O)OC(C)(C)C)cc2)c(C(C)c2ccc(C(=O)O)cc2)s1. The molecule has 0 bridgehead atoms. The number of ether oxygens (including phenoxy) is 1. The molecule has 3 N–H and O–H groups in total. The minimum atomic E-state index is -0.965. The number of anilines is 2. The highest BCUT2D eigenvalue weighted by Gasteiger charge is 2.20. The van der Waals surface area contributed by atoms with Crippen molar-refractivity contribution in [2.45, 2.75) is 59.0 Å². The molecular formula is C27H31N3O5S. The van der Waals surface area contributed by atoms with Gasteiger partial charge in [-0.3, -0.25) is 10.1 Å². The van der Waals surface area contributed by atoms with Crippen molar-refractivity contribution < 1.29 is 24.2 Å². The number of nitrogens with zero attached hydrogens (tertiary/aromatic N) is 1. The maximum Gasteiger partial charge on any atom is 0.412 e. The van der Waals surface area contributed by atoms with E-state index in [1.807, 2.05) is 64.1 Å². The third-order valence-electron chi connectivity index (χ3n) is 5.31. The Balaban J connectivity index is 1.73. The maximum absolute atomic E-state index is 12.0. The number of nitrogens with one attached hydrogen (secondary N) is 2. The first-order chi connectivity index (χ1) is 16.9. The average Bonchev–Trinajstić information content (AvgIpc) is 3.18.